The van der Waals surface area contributed by atoms with Crippen LogP contribution in [-0.2, 0) is 12.2 Å². The number of amides is 1. The number of H-pyrrole nitrogens is 1. The first-order valence-electron chi connectivity index (χ1n) is 9.68. The Labute approximate surface area is 173 Å². The number of hydrogen-bond donors (Lipinski definition) is 2. The van der Waals surface area contributed by atoms with Crippen LogP contribution in [0.3, 0.4) is 0 Å². The molecule has 4 aromatic rings. The Morgan fingerprint density at radius 3 is 2.79 bits per heavy atom. The lowest BCUT2D eigenvalue weighted by Gasteiger charge is -2.15. The number of nitrogens with one attached hydrogen (secondary N) is 2. The molecule has 148 valence electrons. The number of para-hydroxylation sites is 2. The number of rotatable bonds is 8. The van der Waals surface area contributed by atoms with Crippen LogP contribution in [0.1, 0.15) is 35.0 Å². The van der Waals surface area contributed by atoms with E-state index < -0.39 is 0 Å². The lowest BCUT2D eigenvalue weighted by atomic mass is 10.1. The third-order valence-corrected chi connectivity index (χ3v) is 5.70. The molecule has 0 bridgehead atoms. The molecule has 1 atom stereocenters. The van der Waals surface area contributed by atoms with Gasteiger partial charge < -0.3 is 14.7 Å². The van der Waals surface area contributed by atoms with E-state index in [1.165, 1.54) is 0 Å². The van der Waals surface area contributed by atoms with Crippen molar-refractivity contribution in [3.05, 3.63) is 83.8 Å². The number of carbonyl (C=O) groups is 1. The number of benzene rings is 2. The highest BCUT2D eigenvalue weighted by Crippen LogP contribution is 2.24. The van der Waals surface area contributed by atoms with Gasteiger partial charge in [-0.05, 0) is 49.2 Å². The van der Waals surface area contributed by atoms with E-state index in [-0.39, 0.29) is 11.9 Å². The minimum absolute atomic E-state index is 0.0437. The predicted molar refractivity (Wildman–Crippen MR) is 116 cm³/mol. The lowest BCUT2D eigenvalue weighted by Crippen LogP contribution is -2.33. The fourth-order valence-corrected chi connectivity index (χ4v) is 4.09. The fraction of sp³-hybridized carbons (Fsp3) is 0.217. The molecule has 0 fully saturated rings. The minimum atomic E-state index is -0.0437. The maximum atomic E-state index is 12.8. The molecule has 2 aromatic heterocycles. The number of carbonyl (C=O) groups excluding carboxylic acids is 1. The highest BCUT2D eigenvalue weighted by Gasteiger charge is 2.15. The Balaban J connectivity index is 1.38. The smallest absolute Gasteiger partial charge is 0.251 e. The van der Waals surface area contributed by atoms with Crippen LogP contribution >= 0.6 is 11.8 Å². The van der Waals surface area contributed by atoms with Crippen LogP contribution in [-0.4, -0.2) is 21.9 Å². The molecule has 0 radical (unpaired) electrons. The Morgan fingerprint density at radius 1 is 1.14 bits per heavy atom. The zero-order valence-electron chi connectivity index (χ0n) is 16.2. The van der Waals surface area contributed by atoms with Gasteiger partial charge in [0.2, 0.25) is 0 Å². The summed E-state index contributed by atoms with van der Waals surface area (Å²) in [4.78, 5) is 20.7. The average molecular weight is 406 g/mol. The van der Waals surface area contributed by atoms with Crippen molar-refractivity contribution < 1.29 is 9.21 Å². The molecular formula is C23H23N3O2S. The van der Waals surface area contributed by atoms with Gasteiger partial charge in [0.05, 0.1) is 17.3 Å². The van der Waals surface area contributed by atoms with Crippen LogP contribution < -0.4 is 5.32 Å². The molecule has 29 heavy (non-hydrogen) atoms. The maximum absolute atomic E-state index is 12.8. The number of hydrogen-bond acceptors (Lipinski definition) is 4. The van der Waals surface area contributed by atoms with Gasteiger partial charge >= 0.3 is 0 Å². The van der Waals surface area contributed by atoms with Gasteiger partial charge in [-0.25, -0.2) is 4.98 Å². The van der Waals surface area contributed by atoms with Crippen LogP contribution in [0.15, 0.2) is 76.5 Å². The van der Waals surface area contributed by atoms with Gasteiger partial charge in [-0.3, -0.25) is 4.79 Å². The topological polar surface area (TPSA) is 70.9 Å². The molecule has 0 spiro atoms. The van der Waals surface area contributed by atoms with E-state index in [1.807, 2.05) is 67.6 Å². The molecule has 2 heterocycles. The van der Waals surface area contributed by atoms with E-state index >= 15 is 0 Å². The molecule has 4 rings (SSSR count). The standard InChI is InChI=1S/C23H23N3O2S/c1-16(12-13-18-8-6-14-28-18)24-22(27)19-9-3-2-7-17(19)15-29-23-25-20-10-4-5-11-21(20)26-23/h2-11,14,16H,12-13,15H2,1H3,(H,24,27)(H,25,26). The van der Waals surface area contributed by atoms with Gasteiger partial charge in [-0.15, -0.1) is 0 Å². The molecule has 0 aliphatic heterocycles. The summed E-state index contributed by atoms with van der Waals surface area (Å²) in [5.41, 5.74) is 3.67. The monoisotopic (exact) mass is 405 g/mol. The first-order chi connectivity index (χ1) is 14.2. The molecular weight excluding hydrogens is 382 g/mol. The third kappa shape index (κ3) is 4.90. The quantitative estimate of drug-likeness (QED) is 0.395. The second kappa shape index (κ2) is 9.01. The molecule has 5 nitrogen and oxygen atoms in total. The number of aromatic amines is 1. The van der Waals surface area contributed by atoms with E-state index in [2.05, 4.69) is 15.3 Å². The Hall–Kier alpha value is -2.99. The van der Waals surface area contributed by atoms with Gasteiger partial charge in [0.1, 0.15) is 5.76 Å². The minimum Gasteiger partial charge on any atom is -0.469 e. The van der Waals surface area contributed by atoms with Crippen LogP contribution in [0.25, 0.3) is 11.0 Å². The average Bonchev–Trinajstić information content (AvgIpc) is 3.40. The van der Waals surface area contributed by atoms with Crippen molar-refractivity contribution in [2.45, 2.75) is 36.7 Å². The number of nitrogens with zero attached hydrogens (tertiary/aromatic N) is 1. The SMILES string of the molecule is CC(CCc1ccco1)NC(=O)c1ccccc1CSc1nc2ccccc2[nH]1. The van der Waals surface area contributed by atoms with Crippen molar-refractivity contribution in [3.8, 4) is 0 Å². The van der Waals surface area contributed by atoms with E-state index in [9.17, 15) is 4.79 Å². The van der Waals surface area contributed by atoms with E-state index in [1.54, 1.807) is 18.0 Å². The molecule has 6 heteroatoms. The van der Waals surface area contributed by atoms with E-state index in [0.717, 1.165) is 40.4 Å². The van der Waals surface area contributed by atoms with Crippen LogP contribution in [0.5, 0.6) is 0 Å². The summed E-state index contributed by atoms with van der Waals surface area (Å²) >= 11 is 1.60. The normalized spacial score (nSPS) is 12.2. The number of aryl methyl sites for hydroxylation is 1. The lowest BCUT2D eigenvalue weighted by molar-refractivity contribution is 0.0937. The second-order valence-corrected chi connectivity index (χ2v) is 7.96. The summed E-state index contributed by atoms with van der Waals surface area (Å²) in [6.45, 7) is 2.02. The number of fused-ring (bicyclic) bond motifs is 1. The maximum Gasteiger partial charge on any atom is 0.251 e. The molecule has 2 N–H and O–H groups in total. The number of furan rings is 1. The zero-order valence-corrected chi connectivity index (χ0v) is 17.0. The van der Waals surface area contributed by atoms with Gasteiger partial charge in [-0.2, -0.15) is 0 Å². The van der Waals surface area contributed by atoms with Crippen molar-refractivity contribution in [3.63, 3.8) is 0 Å². The highest BCUT2D eigenvalue weighted by atomic mass is 32.2. The van der Waals surface area contributed by atoms with Gasteiger partial charge in [-0.1, -0.05) is 42.1 Å². The molecule has 1 unspecified atom stereocenters. The Kier molecular flexibility index (Phi) is 6.00. The first kappa shape index (κ1) is 19.3. The summed E-state index contributed by atoms with van der Waals surface area (Å²) in [5, 5.41) is 3.96. The van der Waals surface area contributed by atoms with Gasteiger partial charge in [0, 0.05) is 23.8 Å². The fourth-order valence-electron chi connectivity index (χ4n) is 3.20. The van der Waals surface area contributed by atoms with Crippen molar-refractivity contribution >= 4 is 28.7 Å². The molecule has 2 aromatic carbocycles. The van der Waals surface area contributed by atoms with Crippen molar-refractivity contribution in [2.24, 2.45) is 0 Å². The molecule has 0 aliphatic carbocycles. The largest absolute Gasteiger partial charge is 0.469 e. The summed E-state index contributed by atoms with van der Waals surface area (Å²) in [5.74, 6) is 1.57. The number of aromatic nitrogens is 2. The van der Waals surface area contributed by atoms with Crippen LogP contribution in [0.4, 0.5) is 0 Å². The second-order valence-electron chi connectivity index (χ2n) is 7.00. The molecule has 1 amide bonds. The number of imidazole rings is 1. The molecule has 0 saturated heterocycles. The van der Waals surface area contributed by atoms with Crippen molar-refractivity contribution in [2.75, 3.05) is 0 Å². The first-order valence-corrected chi connectivity index (χ1v) is 10.7. The Morgan fingerprint density at radius 2 is 1.97 bits per heavy atom. The van der Waals surface area contributed by atoms with E-state index in [4.69, 9.17) is 4.42 Å². The molecule has 0 saturated carbocycles. The van der Waals surface area contributed by atoms with Gasteiger partial charge in [0.25, 0.3) is 5.91 Å². The van der Waals surface area contributed by atoms with Crippen LogP contribution in [0, 0.1) is 0 Å². The zero-order chi connectivity index (χ0) is 20.1. The highest BCUT2D eigenvalue weighted by molar-refractivity contribution is 7.98. The van der Waals surface area contributed by atoms with Crippen molar-refractivity contribution in [1.29, 1.82) is 0 Å². The summed E-state index contributed by atoms with van der Waals surface area (Å²) in [6, 6.07) is 19.6. The summed E-state index contributed by atoms with van der Waals surface area (Å²) in [6.07, 6.45) is 3.31. The third-order valence-electron chi connectivity index (χ3n) is 4.78. The van der Waals surface area contributed by atoms with Crippen molar-refractivity contribution in [1.82, 2.24) is 15.3 Å². The summed E-state index contributed by atoms with van der Waals surface area (Å²) in [7, 11) is 0. The number of thioether (sulfide) groups is 1. The predicted octanol–water partition coefficient (Wildman–Crippen LogP) is 5.20. The van der Waals surface area contributed by atoms with E-state index in [0.29, 0.717) is 11.3 Å². The summed E-state index contributed by atoms with van der Waals surface area (Å²) < 4.78 is 5.36. The van der Waals surface area contributed by atoms with Crippen LogP contribution in [0.2, 0.25) is 0 Å². The molecule has 0 aliphatic rings. The Bertz CT molecular complexity index is 1060. The van der Waals surface area contributed by atoms with Gasteiger partial charge in [0.15, 0.2) is 5.16 Å².